The molecule has 1 aromatic carbocycles. The van der Waals surface area contributed by atoms with Crippen molar-refractivity contribution in [2.45, 2.75) is 20.8 Å². The molecular formula is C16H24N4O3. The monoisotopic (exact) mass is 320 g/mol. The molecule has 0 aliphatic rings. The van der Waals surface area contributed by atoms with Gasteiger partial charge in [-0.15, -0.1) is 0 Å². The molecule has 0 aromatic heterocycles. The van der Waals surface area contributed by atoms with E-state index in [2.05, 4.69) is 16.2 Å². The molecule has 7 heteroatoms. The summed E-state index contributed by atoms with van der Waals surface area (Å²) in [5.74, 6) is -1.17. The number of nitrogens with zero attached hydrogens (tertiary/aromatic N) is 1. The highest BCUT2D eigenvalue weighted by Gasteiger charge is 2.21. The summed E-state index contributed by atoms with van der Waals surface area (Å²) in [6.07, 6.45) is 0. The smallest absolute Gasteiger partial charge is 0.269 e. The third-order valence-corrected chi connectivity index (χ3v) is 3.03. The van der Waals surface area contributed by atoms with Crippen LogP contribution >= 0.6 is 0 Å². The van der Waals surface area contributed by atoms with Crippen molar-refractivity contribution in [3.63, 3.8) is 0 Å². The second kappa shape index (κ2) is 7.62. The summed E-state index contributed by atoms with van der Waals surface area (Å²) in [6, 6.07) is 6.99. The first kappa shape index (κ1) is 18.5. The van der Waals surface area contributed by atoms with Crippen molar-refractivity contribution in [2.24, 2.45) is 5.41 Å². The molecule has 0 aliphatic carbocycles. The number of hydrogen-bond donors (Lipinski definition) is 3. The highest BCUT2D eigenvalue weighted by Crippen LogP contribution is 2.13. The SMILES string of the molecule is CN(C)c1cccc(C(=O)NNC(=O)CNC(=O)C(C)(C)C)c1. The number of hydrogen-bond acceptors (Lipinski definition) is 4. The molecule has 0 bridgehead atoms. The van der Waals surface area contributed by atoms with E-state index in [4.69, 9.17) is 0 Å². The maximum absolute atomic E-state index is 12.0. The molecule has 7 nitrogen and oxygen atoms in total. The lowest BCUT2D eigenvalue weighted by atomic mass is 9.96. The summed E-state index contributed by atoms with van der Waals surface area (Å²) in [4.78, 5) is 37.1. The second-order valence-electron chi connectivity index (χ2n) is 6.38. The molecular weight excluding hydrogens is 296 g/mol. The van der Waals surface area contributed by atoms with Crippen LogP contribution in [0.2, 0.25) is 0 Å². The van der Waals surface area contributed by atoms with E-state index in [0.29, 0.717) is 5.56 Å². The van der Waals surface area contributed by atoms with Crippen molar-refractivity contribution in [3.05, 3.63) is 29.8 Å². The van der Waals surface area contributed by atoms with Gasteiger partial charge in [-0.1, -0.05) is 26.8 Å². The van der Waals surface area contributed by atoms with Gasteiger partial charge in [0.1, 0.15) is 0 Å². The van der Waals surface area contributed by atoms with Crippen LogP contribution in [0.15, 0.2) is 24.3 Å². The Labute approximate surface area is 136 Å². The number of anilines is 1. The largest absolute Gasteiger partial charge is 0.378 e. The van der Waals surface area contributed by atoms with Crippen LogP contribution in [0, 0.1) is 5.41 Å². The molecule has 1 aromatic rings. The molecule has 3 N–H and O–H groups in total. The van der Waals surface area contributed by atoms with Crippen molar-refractivity contribution >= 4 is 23.4 Å². The predicted molar refractivity (Wildman–Crippen MR) is 88.8 cm³/mol. The minimum absolute atomic E-state index is 0.200. The zero-order valence-corrected chi connectivity index (χ0v) is 14.2. The van der Waals surface area contributed by atoms with Crippen LogP contribution in [-0.2, 0) is 9.59 Å². The van der Waals surface area contributed by atoms with Crippen LogP contribution in [-0.4, -0.2) is 38.4 Å². The number of carbonyl (C=O) groups excluding carboxylic acids is 3. The maximum Gasteiger partial charge on any atom is 0.269 e. The van der Waals surface area contributed by atoms with Gasteiger partial charge in [0.2, 0.25) is 5.91 Å². The summed E-state index contributed by atoms with van der Waals surface area (Å²) in [5, 5.41) is 2.50. The predicted octanol–water partition coefficient (Wildman–Crippen LogP) is 0.676. The number of benzene rings is 1. The average Bonchev–Trinajstić information content (AvgIpc) is 2.49. The van der Waals surface area contributed by atoms with E-state index in [0.717, 1.165) is 5.69 Å². The van der Waals surface area contributed by atoms with Gasteiger partial charge >= 0.3 is 0 Å². The molecule has 1 rings (SSSR count). The van der Waals surface area contributed by atoms with E-state index in [1.54, 1.807) is 39.0 Å². The van der Waals surface area contributed by atoms with Gasteiger partial charge in [-0.05, 0) is 18.2 Å². The van der Waals surface area contributed by atoms with Crippen molar-refractivity contribution in [2.75, 3.05) is 25.5 Å². The van der Waals surface area contributed by atoms with Gasteiger partial charge in [0, 0.05) is 30.8 Å². The zero-order valence-electron chi connectivity index (χ0n) is 14.2. The van der Waals surface area contributed by atoms with Crippen molar-refractivity contribution in [3.8, 4) is 0 Å². The van der Waals surface area contributed by atoms with Gasteiger partial charge in [-0.3, -0.25) is 25.2 Å². The van der Waals surface area contributed by atoms with Crippen LogP contribution in [0.1, 0.15) is 31.1 Å². The minimum atomic E-state index is -0.573. The van der Waals surface area contributed by atoms with Gasteiger partial charge in [0.15, 0.2) is 0 Å². The van der Waals surface area contributed by atoms with E-state index >= 15 is 0 Å². The zero-order chi connectivity index (χ0) is 17.6. The summed E-state index contributed by atoms with van der Waals surface area (Å²) in [6.45, 7) is 5.05. The highest BCUT2D eigenvalue weighted by atomic mass is 16.2. The van der Waals surface area contributed by atoms with Gasteiger partial charge in [0.05, 0.1) is 6.54 Å². The Hall–Kier alpha value is -2.57. The third kappa shape index (κ3) is 5.98. The van der Waals surface area contributed by atoms with Crippen molar-refractivity contribution in [1.82, 2.24) is 16.2 Å². The number of rotatable bonds is 4. The summed E-state index contributed by atoms with van der Waals surface area (Å²) >= 11 is 0. The topological polar surface area (TPSA) is 90.5 Å². The maximum atomic E-state index is 12.0. The molecule has 0 saturated heterocycles. The minimum Gasteiger partial charge on any atom is -0.378 e. The third-order valence-electron chi connectivity index (χ3n) is 3.03. The van der Waals surface area contributed by atoms with Crippen LogP contribution in [0.3, 0.4) is 0 Å². The van der Waals surface area contributed by atoms with Gasteiger partial charge in [-0.25, -0.2) is 0 Å². The Morgan fingerprint density at radius 3 is 2.30 bits per heavy atom. The van der Waals surface area contributed by atoms with Crippen molar-refractivity contribution in [1.29, 1.82) is 0 Å². The Bertz CT molecular complexity index is 591. The van der Waals surface area contributed by atoms with Crippen LogP contribution in [0.5, 0.6) is 0 Å². The molecule has 0 fully saturated rings. The first-order valence-electron chi connectivity index (χ1n) is 7.26. The van der Waals surface area contributed by atoms with Crippen LogP contribution in [0.4, 0.5) is 5.69 Å². The summed E-state index contributed by atoms with van der Waals surface area (Å²) in [5.41, 5.74) is 5.32. The molecule has 0 aliphatic heterocycles. The number of nitrogens with one attached hydrogen (secondary N) is 3. The quantitative estimate of drug-likeness (QED) is 0.712. The second-order valence-corrected chi connectivity index (χ2v) is 6.38. The van der Waals surface area contributed by atoms with Gasteiger partial charge in [-0.2, -0.15) is 0 Å². The lowest BCUT2D eigenvalue weighted by Gasteiger charge is -2.17. The van der Waals surface area contributed by atoms with E-state index in [-0.39, 0.29) is 12.5 Å². The summed E-state index contributed by atoms with van der Waals surface area (Å²) in [7, 11) is 3.74. The number of carbonyl (C=O) groups is 3. The van der Waals surface area contributed by atoms with Crippen LogP contribution < -0.4 is 21.1 Å². The number of amides is 3. The van der Waals surface area contributed by atoms with E-state index in [9.17, 15) is 14.4 Å². The Morgan fingerprint density at radius 2 is 1.74 bits per heavy atom. The van der Waals surface area contributed by atoms with Gasteiger partial charge in [0.25, 0.3) is 11.8 Å². The fourth-order valence-electron chi connectivity index (χ4n) is 1.59. The molecule has 0 atom stereocenters. The number of hydrazine groups is 1. The Balaban J connectivity index is 2.48. The molecule has 0 unspecified atom stereocenters. The molecule has 0 spiro atoms. The van der Waals surface area contributed by atoms with Crippen molar-refractivity contribution < 1.29 is 14.4 Å². The fourth-order valence-corrected chi connectivity index (χ4v) is 1.59. The standard InChI is InChI=1S/C16H24N4O3/c1-16(2,3)15(23)17-10-13(21)18-19-14(22)11-7-6-8-12(9-11)20(4)5/h6-9H,10H2,1-5H3,(H,17,23)(H,18,21)(H,19,22). The molecule has 0 heterocycles. The van der Waals surface area contributed by atoms with E-state index < -0.39 is 17.2 Å². The molecule has 23 heavy (non-hydrogen) atoms. The molecule has 3 amide bonds. The van der Waals surface area contributed by atoms with E-state index in [1.165, 1.54) is 0 Å². The lowest BCUT2D eigenvalue weighted by Crippen LogP contribution is -2.47. The van der Waals surface area contributed by atoms with E-state index in [1.807, 2.05) is 25.1 Å². The Morgan fingerprint density at radius 1 is 1.09 bits per heavy atom. The van der Waals surface area contributed by atoms with Gasteiger partial charge < -0.3 is 10.2 Å². The molecule has 0 radical (unpaired) electrons. The molecule has 0 saturated carbocycles. The fraction of sp³-hybridized carbons (Fsp3) is 0.438. The average molecular weight is 320 g/mol. The normalized spacial score (nSPS) is 10.7. The lowest BCUT2D eigenvalue weighted by molar-refractivity contribution is -0.131. The highest BCUT2D eigenvalue weighted by molar-refractivity contribution is 5.96. The molecule has 126 valence electrons. The van der Waals surface area contributed by atoms with Crippen LogP contribution in [0.25, 0.3) is 0 Å². The Kier molecular flexibility index (Phi) is 6.12. The first-order valence-corrected chi connectivity index (χ1v) is 7.26. The first-order chi connectivity index (χ1) is 10.6. The summed E-state index contributed by atoms with van der Waals surface area (Å²) < 4.78 is 0.